The summed E-state index contributed by atoms with van der Waals surface area (Å²) in [6.45, 7) is 4.55. The Labute approximate surface area is 325 Å². The molecule has 1 aliphatic rings. The van der Waals surface area contributed by atoms with Crippen LogP contribution in [-0.2, 0) is 23.7 Å². The molecule has 6 unspecified atom stereocenters. The van der Waals surface area contributed by atoms with Gasteiger partial charge < -0.3 is 39.4 Å². The van der Waals surface area contributed by atoms with Crippen molar-refractivity contribution < 1.29 is 44.2 Å². The summed E-state index contributed by atoms with van der Waals surface area (Å²) in [7, 11) is 0. The van der Waals surface area contributed by atoms with Crippen molar-refractivity contribution in [3.05, 3.63) is 12.2 Å². The number of carbonyl (C=O) groups excluding carboxylic acids is 1. The van der Waals surface area contributed by atoms with Crippen LogP contribution in [0.5, 0.6) is 0 Å². The minimum Gasteiger partial charge on any atom is -0.457 e. The second-order valence-electron chi connectivity index (χ2n) is 15.5. The van der Waals surface area contributed by atoms with Gasteiger partial charge in [-0.2, -0.15) is 0 Å². The third-order valence-corrected chi connectivity index (χ3v) is 10.4. The van der Waals surface area contributed by atoms with Crippen LogP contribution >= 0.6 is 0 Å². The summed E-state index contributed by atoms with van der Waals surface area (Å²) in [6, 6.07) is 0. The Morgan fingerprint density at radius 2 is 1.04 bits per heavy atom. The highest BCUT2D eigenvalue weighted by molar-refractivity contribution is 5.69. The van der Waals surface area contributed by atoms with Crippen molar-refractivity contribution in [3.63, 3.8) is 0 Å². The van der Waals surface area contributed by atoms with Gasteiger partial charge in [0.1, 0.15) is 30.5 Å². The van der Waals surface area contributed by atoms with Crippen molar-refractivity contribution in [3.8, 4) is 0 Å². The summed E-state index contributed by atoms with van der Waals surface area (Å²) in [5.41, 5.74) is 0. The van der Waals surface area contributed by atoms with E-state index in [1.165, 1.54) is 135 Å². The van der Waals surface area contributed by atoms with Crippen LogP contribution in [0.3, 0.4) is 0 Å². The Morgan fingerprint density at radius 1 is 0.585 bits per heavy atom. The van der Waals surface area contributed by atoms with E-state index in [1.807, 2.05) is 0 Å². The molecule has 9 nitrogen and oxygen atoms in total. The van der Waals surface area contributed by atoms with E-state index < -0.39 is 43.4 Å². The minimum absolute atomic E-state index is 0.112. The number of hydrogen-bond donors (Lipinski definition) is 4. The molecule has 1 heterocycles. The lowest BCUT2D eigenvalue weighted by Gasteiger charge is -2.39. The van der Waals surface area contributed by atoms with Crippen LogP contribution in [-0.4, -0.2) is 89.6 Å². The molecular formula is C44H84O9. The topological polar surface area (TPSA) is 135 Å². The smallest absolute Gasteiger partial charge is 0.306 e. The van der Waals surface area contributed by atoms with Crippen molar-refractivity contribution in [1.29, 1.82) is 0 Å². The first-order valence-corrected chi connectivity index (χ1v) is 22.3. The number of carbonyl (C=O) groups is 1. The average molecular weight is 757 g/mol. The lowest BCUT2D eigenvalue weighted by Crippen LogP contribution is -2.59. The molecule has 0 bridgehead atoms. The van der Waals surface area contributed by atoms with Crippen molar-refractivity contribution >= 4 is 5.97 Å². The zero-order chi connectivity index (χ0) is 38.6. The third kappa shape index (κ3) is 28.1. The molecule has 9 heteroatoms. The molecule has 0 aliphatic carbocycles. The zero-order valence-corrected chi connectivity index (χ0v) is 34.3. The molecule has 0 radical (unpaired) electrons. The molecule has 314 valence electrons. The first-order chi connectivity index (χ1) is 25.9. The van der Waals surface area contributed by atoms with Crippen LogP contribution in [0, 0.1) is 0 Å². The van der Waals surface area contributed by atoms with E-state index in [1.54, 1.807) is 0 Å². The number of esters is 1. The van der Waals surface area contributed by atoms with Crippen molar-refractivity contribution in [2.75, 3.05) is 26.4 Å². The van der Waals surface area contributed by atoms with Crippen LogP contribution < -0.4 is 0 Å². The lowest BCUT2D eigenvalue weighted by atomic mass is 9.99. The van der Waals surface area contributed by atoms with E-state index in [0.29, 0.717) is 13.0 Å². The fourth-order valence-electron chi connectivity index (χ4n) is 6.90. The Morgan fingerprint density at radius 3 is 1.57 bits per heavy atom. The Hall–Kier alpha value is -1.07. The molecule has 6 atom stereocenters. The van der Waals surface area contributed by atoms with Gasteiger partial charge in [-0.05, 0) is 38.5 Å². The second kappa shape index (κ2) is 36.6. The molecule has 53 heavy (non-hydrogen) atoms. The number of ether oxygens (including phenoxy) is 4. The van der Waals surface area contributed by atoms with Crippen LogP contribution in [0.4, 0.5) is 0 Å². The Balaban J connectivity index is 2.24. The van der Waals surface area contributed by atoms with Gasteiger partial charge in [-0.15, -0.1) is 0 Å². The molecule has 0 aromatic carbocycles. The summed E-state index contributed by atoms with van der Waals surface area (Å²) in [5.74, 6) is -0.320. The largest absolute Gasteiger partial charge is 0.457 e. The maximum atomic E-state index is 12.7. The molecule has 1 saturated heterocycles. The van der Waals surface area contributed by atoms with E-state index in [2.05, 4.69) is 26.0 Å². The molecule has 0 spiro atoms. The lowest BCUT2D eigenvalue weighted by molar-refractivity contribution is -0.305. The van der Waals surface area contributed by atoms with Gasteiger partial charge in [-0.25, -0.2) is 0 Å². The number of unbranched alkanes of at least 4 members (excludes halogenated alkanes) is 25. The van der Waals surface area contributed by atoms with E-state index in [9.17, 15) is 25.2 Å². The molecule has 1 rings (SSSR count). The normalized spacial score (nSPS) is 21.1. The molecule has 4 N–H and O–H groups in total. The molecule has 0 saturated carbocycles. The van der Waals surface area contributed by atoms with Crippen molar-refractivity contribution in [1.82, 2.24) is 0 Å². The van der Waals surface area contributed by atoms with Gasteiger partial charge >= 0.3 is 5.97 Å². The molecule has 1 fully saturated rings. The highest BCUT2D eigenvalue weighted by atomic mass is 16.7. The standard InChI is InChI=1S/C44H84O9/c1-3-5-7-9-11-13-15-17-18-19-20-21-22-24-26-28-30-32-34-50-36-38(37-51-44-43(49)42(48)41(47)39(35-45)53-44)52-40(46)33-31-29-27-25-23-16-14-12-10-8-6-4-2/h12,14,38-39,41-45,47-49H,3-11,13,15-37H2,1-2H3/b14-12-. The quantitative estimate of drug-likeness (QED) is 0.0276. The SMILES string of the molecule is CCCCC/C=C\CCCCCCCC(=O)OC(COCCCCCCCCCCCCCCCCCCCC)COC1OC(CO)C(O)C(O)C1O. The Kier molecular flexibility index (Phi) is 34.5. The second-order valence-corrected chi connectivity index (χ2v) is 15.5. The molecule has 0 aromatic rings. The third-order valence-electron chi connectivity index (χ3n) is 10.4. The summed E-state index contributed by atoms with van der Waals surface area (Å²) >= 11 is 0. The van der Waals surface area contributed by atoms with Gasteiger partial charge in [-0.3, -0.25) is 4.79 Å². The van der Waals surface area contributed by atoms with Crippen molar-refractivity contribution in [2.24, 2.45) is 0 Å². The van der Waals surface area contributed by atoms with Gasteiger partial charge in [0.2, 0.25) is 0 Å². The predicted molar refractivity (Wildman–Crippen MR) is 215 cm³/mol. The monoisotopic (exact) mass is 757 g/mol. The first-order valence-electron chi connectivity index (χ1n) is 22.3. The highest BCUT2D eigenvalue weighted by Gasteiger charge is 2.44. The number of rotatable bonds is 38. The number of aliphatic hydroxyl groups excluding tert-OH is 4. The highest BCUT2D eigenvalue weighted by Crippen LogP contribution is 2.23. The predicted octanol–water partition coefficient (Wildman–Crippen LogP) is 9.64. The molecule has 0 aromatic heterocycles. The summed E-state index contributed by atoms with van der Waals surface area (Å²) < 4.78 is 22.8. The van der Waals surface area contributed by atoms with Crippen LogP contribution in [0.2, 0.25) is 0 Å². The fourth-order valence-corrected chi connectivity index (χ4v) is 6.90. The van der Waals surface area contributed by atoms with E-state index >= 15 is 0 Å². The number of allylic oxidation sites excluding steroid dienone is 2. The summed E-state index contributed by atoms with van der Waals surface area (Å²) in [5, 5.41) is 40.0. The van der Waals surface area contributed by atoms with E-state index in [-0.39, 0.29) is 19.2 Å². The maximum absolute atomic E-state index is 12.7. The molecule has 0 amide bonds. The zero-order valence-electron chi connectivity index (χ0n) is 34.3. The van der Waals surface area contributed by atoms with Crippen LogP contribution in [0.1, 0.15) is 200 Å². The van der Waals surface area contributed by atoms with Gasteiger partial charge in [0, 0.05) is 13.0 Å². The average Bonchev–Trinajstić information content (AvgIpc) is 3.16. The Bertz CT molecular complexity index is 823. The number of hydrogen-bond acceptors (Lipinski definition) is 9. The van der Waals surface area contributed by atoms with Crippen molar-refractivity contribution in [2.45, 2.75) is 237 Å². The van der Waals surface area contributed by atoms with E-state index in [0.717, 1.165) is 44.9 Å². The van der Waals surface area contributed by atoms with Gasteiger partial charge in [0.25, 0.3) is 0 Å². The van der Waals surface area contributed by atoms with Gasteiger partial charge in [-0.1, -0.05) is 167 Å². The van der Waals surface area contributed by atoms with Gasteiger partial charge in [0.05, 0.1) is 19.8 Å². The molecule has 1 aliphatic heterocycles. The molecular weight excluding hydrogens is 672 g/mol. The maximum Gasteiger partial charge on any atom is 0.306 e. The van der Waals surface area contributed by atoms with Crippen LogP contribution in [0.25, 0.3) is 0 Å². The van der Waals surface area contributed by atoms with Gasteiger partial charge in [0.15, 0.2) is 6.29 Å². The minimum atomic E-state index is -1.53. The first kappa shape index (κ1) is 49.9. The summed E-state index contributed by atoms with van der Waals surface area (Å²) in [6.07, 6.45) is 32.4. The van der Waals surface area contributed by atoms with Crippen LogP contribution in [0.15, 0.2) is 12.2 Å². The fraction of sp³-hybridized carbons (Fsp3) is 0.932. The van der Waals surface area contributed by atoms with E-state index in [4.69, 9.17) is 18.9 Å². The summed E-state index contributed by atoms with van der Waals surface area (Å²) in [4.78, 5) is 12.7. The number of aliphatic hydroxyl groups is 4.